The van der Waals surface area contributed by atoms with Crippen LogP contribution in [0, 0.1) is 19.0 Å². The summed E-state index contributed by atoms with van der Waals surface area (Å²) in [6.45, 7) is 8.96. The first-order chi connectivity index (χ1) is 22.9. The minimum Gasteiger partial charge on any atom is -0.500 e. The van der Waals surface area contributed by atoms with Gasteiger partial charge in [0.25, 0.3) is 0 Å². The number of hydrogen-bond donors (Lipinski definition) is 0. The molecule has 3 heterocycles. The molecule has 5 heteroatoms. The molecule has 3 aromatic heterocycles. The van der Waals surface area contributed by atoms with Crippen molar-refractivity contribution in [1.82, 2.24) is 9.97 Å². The van der Waals surface area contributed by atoms with Crippen LogP contribution in [0.25, 0.3) is 55.6 Å². The van der Waals surface area contributed by atoms with Crippen molar-refractivity contribution in [3.8, 4) is 33.6 Å². The molecular formula is C41H38IrN2OSi-2. The average molecular weight is 798 g/mol. The molecule has 0 amide bonds. The zero-order chi connectivity index (χ0) is 34.1. The second-order valence-electron chi connectivity index (χ2n) is 12.6. The number of rotatable bonds is 5. The number of pyridine rings is 2. The van der Waals surface area contributed by atoms with E-state index in [9.17, 15) is 0 Å². The van der Waals surface area contributed by atoms with Crippen LogP contribution in [0.3, 0.4) is 0 Å². The Morgan fingerprint density at radius 1 is 0.739 bits per heavy atom. The zero-order valence-electron chi connectivity index (χ0n) is 29.7. The first-order valence-electron chi connectivity index (χ1n) is 16.8. The van der Waals surface area contributed by atoms with E-state index in [0.29, 0.717) is 17.1 Å². The molecule has 3 nitrogen and oxygen atoms in total. The van der Waals surface area contributed by atoms with Crippen molar-refractivity contribution in [2.75, 3.05) is 0 Å². The third kappa shape index (κ3) is 7.13. The van der Waals surface area contributed by atoms with Crippen LogP contribution in [0.5, 0.6) is 0 Å². The van der Waals surface area contributed by atoms with Gasteiger partial charge in [-0.3, -0.25) is 0 Å². The molecule has 0 aliphatic heterocycles. The molecule has 0 saturated carbocycles. The van der Waals surface area contributed by atoms with Crippen molar-refractivity contribution in [2.24, 2.45) is 0 Å². The Morgan fingerprint density at radius 2 is 1.54 bits per heavy atom. The summed E-state index contributed by atoms with van der Waals surface area (Å²) < 4.78 is 30.7. The van der Waals surface area contributed by atoms with Gasteiger partial charge in [-0.25, -0.2) is 0 Å². The number of furan rings is 1. The predicted molar refractivity (Wildman–Crippen MR) is 192 cm³/mol. The third-order valence-electron chi connectivity index (χ3n) is 7.96. The number of nitrogens with zero attached hydrogens (tertiary/aromatic N) is 2. The quantitative estimate of drug-likeness (QED) is 0.129. The van der Waals surface area contributed by atoms with Gasteiger partial charge in [0.15, 0.2) is 0 Å². The molecular weight excluding hydrogens is 757 g/mol. The molecule has 0 saturated heterocycles. The van der Waals surface area contributed by atoms with Gasteiger partial charge in [-0.2, -0.15) is 0 Å². The maximum atomic E-state index is 8.13. The Hall–Kier alpha value is -4.15. The topological polar surface area (TPSA) is 38.9 Å². The Labute approximate surface area is 291 Å². The third-order valence-corrected chi connectivity index (χ3v) is 9.99. The van der Waals surface area contributed by atoms with E-state index in [0.717, 1.165) is 44.4 Å². The Kier molecular flexibility index (Phi) is 8.96. The van der Waals surface area contributed by atoms with Gasteiger partial charge in [0.2, 0.25) is 0 Å². The van der Waals surface area contributed by atoms with E-state index in [2.05, 4.69) is 67.7 Å². The van der Waals surface area contributed by atoms with Crippen LogP contribution in [0.2, 0.25) is 19.6 Å². The summed E-state index contributed by atoms with van der Waals surface area (Å²) >= 11 is 0. The summed E-state index contributed by atoms with van der Waals surface area (Å²) in [5.41, 5.74) is 7.74. The van der Waals surface area contributed by atoms with Gasteiger partial charge in [0, 0.05) is 42.0 Å². The van der Waals surface area contributed by atoms with Gasteiger partial charge in [0.05, 0.1) is 13.7 Å². The molecule has 0 fully saturated rings. The van der Waals surface area contributed by atoms with Crippen LogP contribution in [0.1, 0.15) is 35.0 Å². The largest absolute Gasteiger partial charge is 0.500 e. The molecule has 0 unspecified atom stereocenters. The van der Waals surface area contributed by atoms with Crippen molar-refractivity contribution in [3.63, 3.8) is 0 Å². The fraction of sp³-hybridized carbons (Fsp3) is 0.171. The minimum atomic E-state index is -2.31. The fourth-order valence-electron chi connectivity index (χ4n) is 5.32. The van der Waals surface area contributed by atoms with E-state index in [1.165, 1.54) is 10.8 Å². The number of aromatic nitrogens is 2. The molecule has 0 N–H and O–H groups in total. The van der Waals surface area contributed by atoms with E-state index >= 15 is 0 Å². The van der Waals surface area contributed by atoms with Crippen molar-refractivity contribution in [1.29, 1.82) is 0 Å². The molecule has 46 heavy (non-hydrogen) atoms. The van der Waals surface area contributed by atoms with Gasteiger partial charge in [-0.05, 0) is 64.2 Å². The smallest absolute Gasteiger partial charge is 0.123 e. The standard InChI is InChI=1S/C27H22NO.C14H16NSi.Ir/c1-17(2)20-12-13-28-25(16-20)23-11-7-10-22-24-15-21(19-8-5-4-6-9-19)14-18(3)26(24)29-27(22)23;1-16(2,3)13-9-10-14(15-11-13)12-7-5-4-6-8-12;/h4-10,12-17H,1-3H3;4-7,9-11H,1-3H3;/q2*-1;/i3D3;;. The number of fused-ring (bicyclic) bond motifs is 3. The normalized spacial score (nSPS) is 12.5. The van der Waals surface area contributed by atoms with E-state index in [1.54, 1.807) is 12.3 Å². The Balaban J connectivity index is 0.000000233. The fourth-order valence-corrected chi connectivity index (χ4v) is 6.36. The molecule has 0 aliphatic carbocycles. The average Bonchev–Trinajstić information content (AvgIpc) is 3.47. The first-order valence-corrected chi connectivity index (χ1v) is 18.8. The molecule has 7 rings (SSSR count). The SMILES string of the molecule is C[Si](C)(C)c1ccc(-c2[c-]cccc2)nc1.[2H]C([2H])([2H])c1cc(-c2ccccc2)cc2c1oc1c(-c3cc(C(C)C)ccn3)[c-]ccc12.[Ir]. The maximum Gasteiger partial charge on any atom is 0.123 e. The van der Waals surface area contributed by atoms with Crippen molar-refractivity contribution < 1.29 is 28.6 Å². The molecule has 7 aromatic rings. The molecule has 0 spiro atoms. The summed E-state index contributed by atoms with van der Waals surface area (Å²) in [5, 5.41) is 3.03. The van der Waals surface area contributed by atoms with Crippen molar-refractivity contribution in [2.45, 2.75) is 46.3 Å². The summed E-state index contributed by atoms with van der Waals surface area (Å²) in [5.74, 6) is 0.363. The van der Waals surface area contributed by atoms with Crippen LogP contribution in [-0.4, -0.2) is 18.0 Å². The molecule has 0 atom stereocenters. The van der Waals surface area contributed by atoms with Crippen LogP contribution in [0.15, 0.2) is 120 Å². The number of benzene rings is 4. The monoisotopic (exact) mass is 798 g/mol. The van der Waals surface area contributed by atoms with Gasteiger partial charge in [0.1, 0.15) is 5.58 Å². The van der Waals surface area contributed by atoms with Gasteiger partial charge in [-0.15, -0.1) is 54.1 Å². The maximum absolute atomic E-state index is 8.13. The number of hydrogen-bond acceptors (Lipinski definition) is 3. The van der Waals surface area contributed by atoms with Gasteiger partial charge in [-0.1, -0.05) is 98.5 Å². The van der Waals surface area contributed by atoms with E-state index in [-0.39, 0.29) is 25.7 Å². The molecule has 0 aliphatic rings. The van der Waals surface area contributed by atoms with Crippen LogP contribution < -0.4 is 5.19 Å². The second-order valence-corrected chi connectivity index (χ2v) is 17.6. The van der Waals surface area contributed by atoms with Crippen LogP contribution in [-0.2, 0) is 20.1 Å². The van der Waals surface area contributed by atoms with Crippen molar-refractivity contribution >= 4 is 35.2 Å². The van der Waals surface area contributed by atoms with E-state index in [4.69, 9.17) is 8.53 Å². The molecule has 0 bridgehead atoms. The summed E-state index contributed by atoms with van der Waals surface area (Å²) in [6.07, 6.45) is 3.81. The second kappa shape index (κ2) is 14.1. The summed E-state index contributed by atoms with van der Waals surface area (Å²) in [6, 6.07) is 40.0. The number of aryl methyl sites for hydroxylation is 1. The minimum absolute atomic E-state index is 0. The molecule has 1 radical (unpaired) electrons. The molecule has 4 aromatic carbocycles. The van der Waals surface area contributed by atoms with Crippen LogP contribution >= 0.6 is 0 Å². The Morgan fingerprint density at radius 3 is 2.22 bits per heavy atom. The van der Waals surface area contributed by atoms with E-state index < -0.39 is 14.9 Å². The molecule has 233 valence electrons. The summed E-state index contributed by atoms with van der Waals surface area (Å²) in [4.78, 5) is 9.07. The van der Waals surface area contributed by atoms with Gasteiger partial charge >= 0.3 is 0 Å². The zero-order valence-corrected chi connectivity index (χ0v) is 30.1. The Bertz CT molecular complexity index is 2170. The summed E-state index contributed by atoms with van der Waals surface area (Å²) in [7, 11) is -1.23. The van der Waals surface area contributed by atoms with Crippen LogP contribution in [0.4, 0.5) is 0 Å². The van der Waals surface area contributed by atoms with E-state index in [1.807, 2.05) is 91.1 Å². The van der Waals surface area contributed by atoms with Crippen molar-refractivity contribution in [3.05, 3.63) is 139 Å². The predicted octanol–water partition coefficient (Wildman–Crippen LogP) is 10.6. The first kappa shape index (κ1) is 29.3. The van der Waals surface area contributed by atoms with Gasteiger partial charge < -0.3 is 14.4 Å².